The van der Waals surface area contributed by atoms with Crippen molar-refractivity contribution in [1.82, 2.24) is 5.32 Å². The summed E-state index contributed by atoms with van der Waals surface area (Å²) in [5, 5.41) is 5.62. The van der Waals surface area contributed by atoms with Crippen LogP contribution in [0.15, 0.2) is 18.2 Å². The van der Waals surface area contributed by atoms with Gasteiger partial charge in [-0.3, -0.25) is 0 Å². The number of benzene rings is 1. The lowest BCUT2D eigenvalue weighted by molar-refractivity contribution is 0.244. The minimum atomic E-state index is -0.244. The highest BCUT2D eigenvalue weighted by atomic mass is 16.2. The fourth-order valence-electron chi connectivity index (χ4n) is 1.32. The average molecular weight is 221 g/mol. The van der Waals surface area contributed by atoms with Crippen LogP contribution in [0.25, 0.3) is 0 Å². The number of hydrogen-bond acceptors (Lipinski definition) is 2. The first-order chi connectivity index (χ1) is 7.28. The molecule has 4 heteroatoms. The van der Waals surface area contributed by atoms with Gasteiger partial charge in [-0.1, -0.05) is 0 Å². The van der Waals surface area contributed by atoms with Crippen LogP contribution in [0.1, 0.15) is 26.3 Å². The number of hydrogen-bond donors (Lipinski definition) is 3. The molecular weight excluding hydrogens is 202 g/mol. The second-order valence-electron chi connectivity index (χ2n) is 4.90. The average Bonchev–Trinajstić information content (AvgIpc) is 2.06. The SMILES string of the molecule is Cc1cc(N)ccc1NC(=O)NC(C)(C)C. The molecule has 0 unspecified atom stereocenters. The van der Waals surface area contributed by atoms with E-state index >= 15 is 0 Å². The summed E-state index contributed by atoms with van der Waals surface area (Å²) < 4.78 is 0. The molecule has 0 atom stereocenters. The smallest absolute Gasteiger partial charge is 0.319 e. The van der Waals surface area contributed by atoms with E-state index in [1.165, 1.54) is 0 Å². The van der Waals surface area contributed by atoms with Gasteiger partial charge in [-0.15, -0.1) is 0 Å². The lowest BCUT2D eigenvalue weighted by Gasteiger charge is -2.21. The van der Waals surface area contributed by atoms with E-state index in [1.54, 1.807) is 12.1 Å². The number of nitrogen functional groups attached to an aromatic ring is 1. The van der Waals surface area contributed by atoms with Gasteiger partial charge in [0, 0.05) is 16.9 Å². The van der Waals surface area contributed by atoms with E-state index in [0.717, 1.165) is 11.3 Å². The number of nitrogens with two attached hydrogens (primary N) is 1. The van der Waals surface area contributed by atoms with Crippen LogP contribution in [0, 0.1) is 6.92 Å². The molecule has 1 rings (SSSR count). The van der Waals surface area contributed by atoms with Crippen molar-refractivity contribution >= 4 is 17.4 Å². The van der Waals surface area contributed by atoms with E-state index < -0.39 is 0 Å². The minimum Gasteiger partial charge on any atom is -0.399 e. The molecule has 0 aliphatic carbocycles. The number of amides is 2. The standard InChI is InChI=1S/C12H19N3O/c1-8-7-9(13)5-6-10(8)14-11(16)15-12(2,3)4/h5-7H,13H2,1-4H3,(H2,14,15,16). The molecule has 88 valence electrons. The zero-order chi connectivity index (χ0) is 12.3. The van der Waals surface area contributed by atoms with E-state index in [-0.39, 0.29) is 11.6 Å². The number of aryl methyl sites for hydroxylation is 1. The zero-order valence-electron chi connectivity index (χ0n) is 10.2. The first-order valence-electron chi connectivity index (χ1n) is 5.23. The lowest BCUT2D eigenvalue weighted by Crippen LogP contribution is -2.43. The van der Waals surface area contributed by atoms with Crippen LogP contribution in [0.4, 0.5) is 16.2 Å². The summed E-state index contributed by atoms with van der Waals surface area (Å²) in [5.41, 5.74) is 7.80. The zero-order valence-corrected chi connectivity index (χ0v) is 10.2. The molecular formula is C12H19N3O. The number of carbonyl (C=O) groups is 1. The van der Waals surface area contributed by atoms with Crippen molar-refractivity contribution in [1.29, 1.82) is 0 Å². The Bertz CT molecular complexity index is 394. The highest BCUT2D eigenvalue weighted by Gasteiger charge is 2.13. The monoisotopic (exact) mass is 221 g/mol. The summed E-state index contributed by atoms with van der Waals surface area (Å²) >= 11 is 0. The molecule has 0 aromatic heterocycles. The third-order valence-electron chi connectivity index (χ3n) is 1.99. The van der Waals surface area contributed by atoms with Gasteiger partial charge in [0.05, 0.1) is 0 Å². The number of anilines is 2. The Hall–Kier alpha value is -1.71. The summed E-state index contributed by atoms with van der Waals surface area (Å²) in [6, 6.07) is 5.18. The lowest BCUT2D eigenvalue weighted by atomic mass is 10.1. The molecule has 0 saturated heterocycles. The van der Waals surface area contributed by atoms with Crippen molar-refractivity contribution < 1.29 is 4.79 Å². The van der Waals surface area contributed by atoms with E-state index in [4.69, 9.17) is 5.73 Å². The van der Waals surface area contributed by atoms with Gasteiger partial charge < -0.3 is 16.4 Å². The summed E-state index contributed by atoms with van der Waals surface area (Å²) in [6.07, 6.45) is 0. The predicted octanol–water partition coefficient (Wildman–Crippen LogP) is 2.50. The topological polar surface area (TPSA) is 67.1 Å². The summed E-state index contributed by atoms with van der Waals surface area (Å²) in [6.45, 7) is 7.70. The van der Waals surface area contributed by atoms with Gasteiger partial charge in [0.15, 0.2) is 0 Å². The summed E-state index contributed by atoms with van der Waals surface area (Å²) in [7, 11) is 0. The highest BCUT2D eigenvalue weighted by molar-refractivity contribution is 5.90. The molecule has 0 spiro atoms. The molecule has 16 heavy (non-hydrogen) atoms. The normalized spacial score (nSPS) is 11.0. The van der Waals surface area contributed by atoms with Crippen LogP contribution in [-0.4, -0.2) is 11.6 Å². The van der Waals surface area contributed by atoms with E-state index in [2.05, 4.69) is 10.6 Å². The minimum absolute atomic E-state index is 0.208. The maximum absolute atomic E-state index is 11.6. The van der Waals surface area contributed by atoms with Crippen LogP contribution in [0.2, 0.25) is 0 Å². The maximum atomic E-state index is 11.6. The molecule has 0 bridgehead atoms. The fourth-order valence-corrected chi connectivity index (χ4v) is 1.32. The van der Waals surface area contributed by atoms with Crippen LogP contribution < -0.4 is 16.4 Å². The van der Waals surface area contributed by atoms with E-state index in [9.17, 15) is 4.79 Å². The molecule has 0 radical (unpaired) electrons. The maximum Gasteiger partial charge on any atom is 0.319 e. The molecule has 0 aliphatic rings. The predicted molar refractivity (Wildman–Crippen MR) is 67.5 cm³/mol. The number of urea groups is 1. The van der Waals surface area contributed by atoms with Gasteiger partial charge in [0.1, 0.15) is 0 Å². The summed E-state index contributed by atoms with van der Waals surface area (Å²) in [4.78, 5) is 11.6. The number of carbonyl (C=O) groups excluding carboxylic acids is 1. The van der Waals surface area contributed by atoms with Crippen LogP contribution in [0.5, 0.6) is 0 Å². The number of nitrogens with one attached hydrogen (secondary N) is 2. The van der Waals surface area contributed by atoms with Gasteiger partial charge >= 0.3 is 6.03 Å². The second-order valence-corrected chi connectivity index (χ2v) is 4.90. The van der Waals surface area contributed by atoms with Crippen LogP contribution in [0.3, 0.4) is 0 Å². The van der Waals surface area contributed by atoms with Crippen LogP contribution in [-0.2, 0) is 0 Å². The molecule has 1 aromatic rings. The highest BCUT2D eigenvalue weighted by Crippen LogP contribution is 2.17. The van der Waals surface area contributed by atoms with Gasteiger partial charge in [-0.2, -0.15) is 0 Å². The first-order valence-corrected chi connectivity index (χ1v) is 5.23. The van der Waals surface area contributed by atoms with Crippen molar-refractivity contribution in [2.45, 2.75) is 33.2 Å². The van der Waals surface area contributed by atoms with Crippen LogP contribution >= 0.6 is 0 Å². The molecule has 0 heterocycles. The molecule has 2 amide bonds. The Kier molecular flexibility index (Phi) is 3.42. The second kappa shape index (κ2) is 4.43. The Morgan fingerprint density at radius 2 is 1.94 bits per heavy atom. The van der Waals surface area contributed by atoms with Crippen molar-refractivity contribution in [3.05, 3.63) is 23.8 Å². The van der Waals surface area contributed by atoms with Gasteiger partial charge in [0.25, 0.3) is 0 Å². The largest absolute Gasteiger partial charge is 0.399 e. The molecule has 0 fully saturated rings. The Labute approximate surface area is 96.2 Å². The number of rotatable bonds is 1. The van der Waals surface area contributed by atoms with E-state index in [1.807, 2.05) is 33.8 Å². The third kappa shape index (κ3) is 3.81. The van der Waals surface area contributed by atoms with Crippen molar-refractivity contribution in [2.24, 2.45) is 0 Å². The molecule has 4 N–H and O–H groups in total. The fraction of sp³-hybridized carbons (Fsp3) is 0.417. The first kappa shape index (κ1) is 12.4. The van der Waals surface area contributed by atoms with Gasteiger partial charge in [-0.05, 0) is 51.5 Å². The third-order valence-corrected chi connectivity index (χ3v) is 1.99. The molecule has 4 nitrogen and oxygen atoms in total. The molecule has 1 aromatic carbocycles. The van der Waals surface area contributed by atoms with E-state index in [0.29, 0.717) is 5.69 Å². The van der Waals surface area contributed by atoms with Crippen molar-refractivity contribution in [3.63, 3.8) is 0 Å². The van der Waals surface area contributed by atoms with Crippen molar-refractivity contribution in [3.8, 4) is 0 Å². The van der Waals surface area contributed by atoms with Gasteiger partial charge in [-0.25, -0.2) is 4.79 Å². The quantitative estimate of drug-likeness (QED) is 0.638. The Morgan fingerprint density at radius 1 is 1.31 bits per heavy atom. The van der Waals surface area contributed by atoms with Gasteiger partial charge in [0.2, 0.25) is 0 Å². The molecule has 0 aliphatic heterocycles. The Balaban J connectivity index is 2.70. The van der Waals surface area contributed by atoms with Crippen molar-refractivity contribution in [2.75, 3.05) is 11.1 Å². The summed E-state index contributed by atoms with van der Waals surface area (Å²) in [5.74, 6) is 0. The molecule has 0 saturated carbocycles. The Morgan fingerprint density at radius 3 is 2.44 bits per heavy atom.